The van der Waals surface area contributed by atoms with Gasteiger partial charge in [0.1, 0.15) is 6.29 Å². The van der Waals surface area contributed by atoms with Crippen LogP contribution in [-0.2, 0) is 4.79 Å². The zero-order chi connectivity index (χ0) is 15.1. The van der Waals surface area contributed by atoms with Gasteiger partial charge in [0.2, 0.25) is 0 Å². The molecule has 0 spiro atoms. The van der Waals surface area contributed by atoms with Crippen molar-refractivity contribution < 1.29 is 15.7 Å². The zero-order valence-electron chi connectivity index (χ0n) is 13.3. The van der Waals surface area contributed by atoms with Gasteiger partial charge >= 0.3 is 0 Å². The van der Waals surface area contributed by atoms with Gasteiger partial charge in [-0.05, 0) is 36.6 Å². The van der Waals surface area contributed by atoms with Crippen LogP contribution < -0.4 is 0 Å². The molecular formula is C20H21O3. The molecule has 2 rings (SSSR count). The number of rotatable bonds is 4. The molecule has 0 atom stereocenters. The molecule has 1 aromatic rings. The largest absolute Gasteiger partial charge is 0.299 e. The van der Waals surface area contributed by atoms with Crippen molar-refractivity contribution in [3.8, 4) is 0 Å². The van der Waals surface area contributed by atoms with Crippen molar-refractivity contribution in [2.24, 2.45) is 0 Å². The maximum atomic E-state index is 10.8. The first-order valence-corrected chi connectivity index (χ1v) is 6.99. The van der Waals surface area contributed by atoms with Crippen LogP contribution in [0.1, 0.15) is 18.1 Å². The van der Waals surface area contributed by atoms with E-state index in [1.54, 1.807) is 6.08 Å². The van der Waals surface area contributed by atoms with E-state index in [4.69, 9.17) is 0 Å². The van der Waals surface area contributed by atoms with Gasteiger partial charge in [-0.3, -0.25) is 15.7 Å². The maximum Gasteiger partial charge on any atom is 0.143 e. The van der Waals surface area contributed by atoms with Crippen LogP contribution in [0.2, 0.25) is 0 Å². The Morgan fingerprint density at radius 1 is 1.00 bits per heavy atom. The molecule has 1 aromatic carbocycles. The van der Waals surface area contributed by atoms with Crippen LogP contribution in [0.15, 0.2) is 77.9 Å². The average molecular weight is 309 g/mol. The Bertz CT molecular complexity index is 657. The Balaban J connectivity index is 0.00000242. The minimum atomic E-state index is 0. The van der Waals surface area contributed by atoms with Crippen molar-refractivity contribution in [1.29, 1.82) is 0 Å². The van der Waals surface area contributed by atoms with Crippen LogP contribution in [-0.4, -0.2) is 17.2 Å². The van der Waals surface area contributed by atoms with Crippen molar-refractivity contribution in [1.82, 2.24) is 0 Å². The summed E-state index contributed by atoms with van der Waals surface area (Å²) in [6, 6.07) is 8.15. The van der Waals surface area contributed by atoms with Crippen molar-refractivity contribution in [3.63, 3.8) is 0 Å². The van der Waals surface area contributed by atoms with Crippen LogP contribution in [0.5, 0.6) is 0 Å². The van der Waals surface area contributed by atoms with Crippen molar-refractivity contribution in [3.05, 3.63) is 95.5 Å². The predicted octanol–water partition coefficient (Wildman–Crippen LogP) is 4.43. The highest BCUT2D eigenvalue weighted by atomic mass is 16.1. The standard InChI is InChI=1S/C20H19O.2HO/c1-16-6-10-18(11-7-16)4-3-5-19(14-15-21)20-12-8-17(2)9-13-20;;/h3-15H,1-2H3;2*1H/b5-3-,19-14+;;. The lowest BCUT2D eigenvalue weighted by atomic mass is 10.0. The second-order valence-electron chi connectivity index (χ2n) is 5.06. The molecule has 3 nitrogen and oxygen atoms in total. The van der Waals surface area contributed by atoms with Crippen molar-refractivity contribution in [2.45, 2.75) is 13.8 Å². The predicted molar refractivity (Wildman–Crippen MR) is 93.5 cm³/mol. The fourth-order valence-electron chi connectivity index (χ4n) is 2.01. The van der Waals surface area contributed by atoms with E-state index in [-0.39, 0.29) is 11.0 Å². The van der Waals surface area contributed by atoms with E-state index in [0.29, 0.717) is 0 Å². The number of aryl methyl sites for hydroxylation is 1. The third kappa shape index (κ3) is 6.43. The van der Waals surface area contributed by atoms with E-state index in [2.05, 4.69) is 31.6 Å². The lowest BCUT2D eigenvalue weighted by Crippen LogP contribution is -1.85. The quantitative estimate of drug-likeness (QED) is 0.482. The highest BCUT2D eigenvalue weighted by Crippen LogP contribution is 2.18. The fraction of sp³-hybridized carbons (Fsp3) is 0.100. The first-order valence-electron chi connectivity index (χ1n) is 6.99. The van der Waals surface area contributed by atoms with Crippen LogP contribution in [0.4, 0.5) is 0 Å². The molecule has 0 aromatic heterocycles. The Kier molecular flexibility index (Phi) is 9.16. The number of hydrogen-bond donors (Lipinski definition) is 2. The second kappa shape index (κ2) is 10.3. The Labute approximate surface area is 137 Å². The van der Waals surface area contributed by atoms with Gasteiger partial charge in [-0.25, -0.2) is 0 Å². The second-order valence-corrected chi connectivity index (χ2v) is 5.06. The highest BCUT2D eigenvalue weighted by molar-refractivity contribution is 5.86. The molecule has 0 saturated heterocycles. The SMILES string of the molecule is CC1=C[CH]\C(=C/C=C\C(=C/C=O)c2ccc(C)cc2)C=C1.[OH].[OH]. The number of hydrogen-bond acceptors (Lipinski definition) is 1. The van der Waals surface area contributed by atoms with E-state index in [0.717, 1.165) is 23.0 Å². The molecule has 23 heavy (non-hydrogen) atoms. The van der Waals surface area contributed by atoms with Gasteiger partial charge in [0.25, 0.3) is 0 Å². The fourth-order valence-corrected chi connectivity index (χ4v) is 2.01. The molecule has 3 heteroatoms. The summed E-state index contributed by atoms with van der Waals surface area (Å²) in [5.41, 5.74) is 5.55. The van der Waals surface area contributed by atoms with Crippen LogP contribution in [0.25, 0.3) is 5.57 Å². The van der Waals surface area contributed by atoms with Gasteiger partial charge in [-0.1, -0.05) is 71.9 Å². The molecule has 0 bridgehead atoms. The van der Waals surface area contributed by atoms with E-state index in [1.807, 2.05) is 49.4 Å². The first-order chi connectivity index (χ1) is 10.2. The monoisotopic (exact) mass is 309 g/mol. The summed E-state index contributed by atoms with van der Waals surface area (Å²) in [6.07, 6.45) is 16.7. The van der Waals surface area contributed by atoms with E-state index in [9.17, 15) is 4.79 Å². The third-order valence-corrected chi connectivity index (χ3v) is 3.27. The van der Waals surface area contributed by atoms with E-state index >= 15 is 0 Å². The lowest BCUT2D eigenvalue weighted by Gasteiger charge is -2.04. The minimum absolute atomic E-state index is 0. The van der Waals surface area contributed by atoms with Gasteiger partial charge in [0, 0.05) is 6.42 Å². The molecule has 0 saturated carbocycles. The maximum absolute atomic E-state index is 10.8. The third-order valence-electron chi connectivity index (χ3n) is 3.27. The summed E-state index contributed by atoms with van der Waals surface area (Å²) in [5.74, 6) is 0. The summed E-state index contributed by atoms with van der Waals surface area (Å²) >= 11 is 0. The van der Waals surface area contributed by atoms with Crippen molar-refractivity contribution >= 4 is 11.9 Å². The minimum Gasteiger partial charge on any atom is -0.299 e. The molecular weight excluding hydrogens is 288 g/mol. The summed E-state index contributed by atoms with van der Waals surface area (Å²) in [7, 11) is 0. The van der Waals surface area contributed by atoms with Crippen molar-refractivity contribution in [2.75, 3.05) is 0 Å². The Morgan fingerprint density at radius 2 is 1.70 bits per heavy atom. The van der Waals surface area contributed by atoms with E-state index < -0.39 is 0 Å². The van der Waals surface area contributed by atoms with Gasteiger partial charge < -0.3 is 0 Å². The van der Waals surface area contributed by atoms with Crippen LogP contribution >= 0.6 is 0 Å². The lowest BCUT2D eigenvalue weighted by molar-refractivity contribution is -0.104. The zero-order valence-corrected chi connectivity index (χ0v) is 13.3. The van der Waals surface area contributed by atoms with Gasteiger partial charge in [0.15, 0.2) is 0 Å². The van der Waals surface area contributed by atoms with Gasteiger partial charge in [0.05, 0.1) is 0 Å². The molecule has 2 N–H and O–H groups in total. The summed E-state index contributed by atoms with van der Waals surface area (Å²) in [6.45, 7) is 4.12. The molecule has 119 valence electrons. The number of carbonyl (C=O) groups excluding carboxylic acids is 1. The normalized spacial score (nSPS) is 15.8. The molecule has 0 aliphatic heterocycles. The summed E-state index contributed by atoms with van der Waals surface area (Å²) in [4.78, 5) is 10.8. The van der Waals surface area contributed by atoms with Gasteiger partial charge in [-0.2, -0.15) is 0 Å². The topological polar surface area (TPSA) is 77.1 Å². The smallest absolute Gasteiger partial charge is 0.143 e. The number of aldehydes is 1. The molecule has 1 aliphatic rings. The molecule has 3 radical (unpaired) electrons. The molecule has 0 heterocycles. The molecule has 0 fully saturated rings. The highest BCUT2D eigenvalue weighted by Gasteiger charge is 1.98. The van der Waals surface area contributed by atoms with Crippen LogP contribution in [0.3, 0.4) is 0 Å². The first kappa shape index (κ1) is 20.5. The summed E-state index contributed by atoms with van der Waals surface area (Å²) in [5, 5.41) is 0. The van der Waals surface area contributed by atoms with Crippen LogP contribution in [0, 0.1) is 13.3 Å². The molecule has 0 amide bonds. The van der Waals surface area contributed by atoms with Gasteiger partial charge in [-0.15, -0.1) is 0 Å². The number of allylic oxidation sites excluding steroid dienone is 10. The average Bonchev–Trinajstić information content (AvgIpc) is 2.49. The Hall–Kier alpha value is -2.49. The summed E-state index contributed by atoms with van der Waals surface area (Å²) < 4.78 is 0. The molecule has 0 unspecified atom stereocenters. The molecule has 1 aliphatic carbocycles. The van der Waals surface area contributed by atoms with E-state index in [1.165, 1.54) is 11.1 Å². The number of carbonyl (C=O) groups is 1. The number of benzene rings is 1. The Morgan fingerprint density at radius 3 is 2.26 bits per heavy atom.